The number of ether oxygens (including phenoxy) is 1. The van der Waals surface area contributed by atoms with Gasteiger partial charge >= 0.3 is 0 Å². The van der Waals surface area contributed by atoms with Crippen molar-refractivity contribution < 1.29 is 26.5 Å². The van der Waals surface area contributed by atoms with Gasteiger partial charge in [0.25, 0.3) is 5.91 Å². The maximum Gasteiger partial charge on any atom is 0.269 e. The summed E-state index contributed by atoms with van der Waals surface area (Å²) < 4.78 is 5.20. The molecule has 0 spiro atoms. The van der Waals surface area contributed by atoms with Crippen LogP contribution in [0.1, 0.15) is 6.42 Å². The molecular weight excluding hydrogens is 507 g/mol. The van der Waals surface area contributed by atoms with Gasteiger partial charge in [0.05, 0.1) is 19.0 Å². The van der Waals surface area contributed by atoms with Crippen molar-refractivity contribution >= 4 is 34.8 Å². The van der Waals surface area contributed by atoms with Crippen LogP contribution in [0.5, 0.6) is 5.88 Å². The number of nitrogens with zero attached hydrogens (tertiary/aromatic N) is 2. The van der Waals surface area contributed by atoms with E-state index in [1.54, 1.807) is 13.3 Å². The summed E-state index contributed by atoms with van der Waals surface area (Å²) in [6, 6.07) is 35.5. The minimum atomic E-state index is -2.27. The molecule has 0 N–H and O–H groups in total. The fourth-order valence-electron chi connectivity index (χ4n) is 4.91. The van der Waals surface area contributed by atoms with E-state index in [0.717, 1.165) is 12.1 Å². The van der Waals surface area contributed by atoms with Crippen molar-refractivity contribution in [3.8, 4) is 5.88 Å². The highest BCUT2D eigenvalue weighted by Crippen LogP contribution is 2.62. The van der Waals surface area contributed by atoms with Crippen LogP contribution >= 0.6 is 7.26 Å². The summed E-state index contributed by atoms with van der Waals surface area (Å²) in [5, 5.41) is 3.70. The molecule has 1 aromatic heterocycles. The Balaban J connectivity index is 0.00000274. The van der Waals surface area contributed by atoms with E-state index in [1.165, 1.54) is 15.9 Å². The van der Waals surface area contributed by atoms with E-state index in [2.05, 4.69) is 77.8 Å². The van der Waals surface area contributed by atoms with E-state index in [4.69, 9.17) is 4.74 Å². The van der Waals surface area contributed by atoms with E-state index in [-0.39, 0.29) is 28.5 Å². The molecule has 4 nitrogen and oxygen atoms in total. The zero-order valence-electron chi connectivity index (χ0n) is 18.9. The first-order valence-electron chi connectivity index (χ1n) is 11.1. The fourth-order valence-corrected chi connectivity index (χ4v) is 9.78. The van der Waals surface area contributed by atoms with Gasteiger partial charge in [-0.05, 0) is 42.5 Å². The number of methoxy groups -OCH3 is 1. The van der Waals surface area contributed by atoms with Crippen molar-refractivity contribution in [3.63, 3.8) is 0 Å². The van der Waals surface area contributed by atoms with Crippen LogP contribution in [0.4, 0.5) is 5.69 Å². The molecule has 3 aromatic carbocycles. The first kappa shape index (κ1) is 24.1. The number of hydrogen-bond acceptors (Lipinski definition) is 3. The van der Waals surface area contributed by atoms with Gasteiger partial charge in [-0.25, -0.2) is 4.98 Å². The number of carbonyl (C=O) groups is 1. The Bertz CT molecular complexity index is 1130. The number of pyridine rings is 1. The van der Waals surface area contributed by atoms with Gasteiger partial charge in [-0.2, -0.15) is 0 Å². The van der Waals surface area contributed by atoms with Gasteiger partial charge in [-0.15, -0.1) is 0 Å². The number of rotatable bonds is 6. The lowest BCUT2D eigenvalue weighted by molar-refractivity contribution is -0.116. The lowest BCUT2D eigenvalue weighted by Gasteiger charge is -2.31. The maximum atomic E-state index is 14.1. The molecule has 34 heavy (non-hydrogen) atoms. The molecule has 1 fully saturated rings. The number of hydrogen-bond donors (Lipinski definition) is 0. The third kappa shape index (κ3) is 4.15. The summed E-state index contributed by atoms with van der Waals surface area (Å²) >= 11 is 0. The molecule has 2 heterocycles. The lowest BCUT2D eigenvalue weighted by Crippen LogP contribution is -3.00. The highest BCUT2D eigenvalue weighted by molar-refractivity contribution is 7.97. The summed E-state index contributed by atoms with van der Waals surface area (Å²) in [5.74, 6) is 0.702. The highest BCUT2D eigenvalue weighted by Gasteiger charge is 2.58. The average molecular weight is 533 g/mol. The Morgan fingerprint density at radius 2 is 1.29 bits per heavy atom. The Morgan fingerprint density at radius 3 is 1.71 bits per heavy atom. The number of aromatic nitrogens is 1. The zero-order valence-corrected chi connectivity index (χ0v) is 21.4. The Kier molecular flexibility index (Phi) is 7.45. The summed E-state index contributed by atoms with van der Waals surface area (Å²) in [4.78, 5) is 20.3. The molecule has 0 saturated carbocycles. The van der Waals surface area contributed by atoms with E-state index >= 15 is 0 Å². The molecule has 1 aliphatic rings. The van der Waals surface area contributed by atoms with Crippen LogP contribution in [0.25, 0.3) is 0 Å². The molecule has 1 unspecified atom stereocenters. The Labute approximate surface area is 211 Å². The van der Waals surface area contributed by atoms with Crippen LogP contribution in [0.3, 0.4) is 0 Å². The Morgan fingerprint density at radius 1 is 0.794 bits per heavy atom. The second kappa shape index (κ2) is 10.5. The van der Waals surface area contributed by atoms with Gasteiger partial charge in [0.15, 0.2) is 5.66 Å². The van der Waals surface area contributed by atoms with Crippen LogP contribution < -0.4 is 42.5 Å². The fraction of sp³-hybridized carbons (Fsp3) is 0.143. The van der Waals surface area contributed by atoms with E-state index in [0.29, 0.717) is 12.4 Å². The number of carbonyl (C=O) groups excluding carboxylic acids is 1. The number of halogens is 1. The minimum Gasteiger partial charge on any atom is -1.00 e. The molecule has 0 radical (unpaired) electrons. The molecule has 0 aliphatic carbocycles. The predicted octanol–water partition coefficient (Wildman–Crippen LogP) is 1.19. The van der Waals surface area contributed by atoms with Crippen LogP contribution in [0.2, 0.25) is 0 Å². The molecule has 0 bridgehead atoms. The Hall–Kier alpha value is -3.01. The standard InChI is InChI=1S/C28H26N2O2P.BrH/c1-32-27-18-17-22(21-29-27)30-20-19-26(28(30)31)33(23-11-5-2-6-12-23,24-13-7-3-8-14-24)25-15-9-4-10-16-25;/h2-18,21,26H,19-20H2,1H3;1H/q+1;/p-1. The van der Waals surface area contributed by atoms with E-state index in [1.807, 2.05) is 35.2 Å². The van der Waals surface area contributed by atoms with Crippen LogP contribution in [-0.4, -0.2) is 30.2 Å². The average Bonchev–Trinajstić information content (AvgIpc) is 3.28. The lowest BCUT2D eigenvalue weighted by atomic mass is 10.3. The van der Waals surface area contributed by atoms with Crippen molar-refractivity contribution in [3.05, 3.63) is 109 Å². The number of benzene rings is 3. The number of anilines is 1. The quantitative estimate of drug-likeness (QED) is 0.350. The van der Waals surface area contributed by atoms with Gasteiger partial charge in [0.1, 0.15) is 23.2 Å². The molecule has 1 aliphatic heterocycles. The first-order chi connectivity index (χ1) is 16.2. The summed E-state index contributed by atoms with van der Waals surface area (Å²) in [7, 11) is -0.672. The molecule has 172 valence electrons. The van der Waals surface area contributed by atoms with Gasteiger partial charge in [-0.3, -0.25) is 4.79 Å². The van der Waals surface area contributed by atoms with Crippen molar-refractivity contribution in [1.29, 1.82) is 0 Å². The first-order valence-corrected chi connectivity index (χ1v) is 13.0. The van der Waals surface area contributed by atoms with Gasteiger partial charge in [-0.1, -0.05) is 54.6 Å². The second-order valence-corrected chi connectivity index (χ2v) is 11.7. The smallest absolute Gasteiger partial charge is 0.269 e. The summed E-state index contributed by atoms with van der Waals surface area (Å²) in [6.45, 7) is 0.672. The molecule has 6 heteroatoms. The van der Waals surface area contributed by atoms with Crippen molar-refractivity contribution in [2.75, 3.05) is 18.6 Å². The van der Waals surface area contributed by atoms with Gasteiger partial charge < -0.3 is 26.6 Å². The van der Waals surface area contributed by atoms with Crippen LogP contribution in [-0.2, 0) is 4.79 Å². The highest BCUT2D eigenvalue weighted by atomic mass is 79.9. The van der Waals surface area contributed by atoms with Crippen molar-refractivity contribution in [2.24, 2.45) is 0 Å². The molecule has 1 saturated heterocycles. The van der Waals surface area contributed by atoms with E-state index in [9.17, 15) is 4.79 Å². The predicted molar refractivity (Wildman–Crippen MR) is 137 cm³/mol. The van der Waals surface area contributed by atoms with Crippen molar-refractivity contribution in [2.45, 2.75) is 12.1 Å². The summed E-state index contributed by atoms with van der Waals surface area (Å²) in [6.07, 6.45) is 2.52. The topological polar surface area (TPSA) is 42.4 Å². The van der Waals surface area contributed by atoms with Gasteiger partial charge in [0.2, 0.25) is 5.88 Å². The SMILES string of the molecule is COc1ccc(N2CCC([P+](c3ccccc3)(c3ccccc3)c3ccccc3)C2=O)cn1.[Br-]. The minimum absolute atomic E-state index is 0. The molecular formula is C28H26BrN2O2P. The van der Waals surface area contributed by atoms with Crippen LogP contribution in [0, 0.1) is 0 Å². The molecule has 4 aromatic rings. The van der Waals surface area contributed by atoms with Crippen molar-refractivity contribution in [1.82, 2.24) is 4.98 Å². The second-order valence-electron chi connectivity index (χ2n) is 8.08. The largest absolute Gasteiger partial charge is 1.00 e. The van der Waals surface area contributed by atoms with Gasteiger partial charge in [0, 0.05) is 19.0 Å². The molecule has 1 amide bonds. The monoisotopic (exact) mass is 532 g/mol. The third-order valence-corrected chi connectivity index (χ3v) is 11.1. The maximum absolute atomic E-state index is 14.1. The van der Waals surface area contributed by atoms with E-state index < -0.39 is 7.26 Å². The molecule has 1 atom stereocenters. The normalized spacial score (nSPS) is 15.6. The number of amides is 1. The molecule has 5 rings (SSSR count). The van der Waals surface area contributed by atoms with Crippen LogP contribution in [0.15, 0.2) is 109 Å². The zero-order chi connectivity index (χ0) is 22.7. The third-order valence-electron chi connectivity index (χ3n) is 6.38. The summed E-state index contributed by atoms with van der Waals surface area (Å²) in [5.41, 5.74) is 0.669.